The number of hydrogen-bond donors (Lipinski definition) is 3. The third-order valence-electron chi connectivity index (χ3n) is 4.00. The lowest BCUT2D eigenvalue weighted by Gasteiger charge is -2.29. The molecule has 5 nitrogen and oxygen atoms in total. The molecule has 0 bridgehead atoms. The van der Waals surface area contributed by atoms with Gasteiger partial charge in [-0.15, -0.1) is 0 Å². The Morgan fingerprint density at radius 2 is 2.15 bits per heavy atom. The monoisotopic (exact) mass is 277 g/mol. The van der Waals surface area contributed by atoms with Crippen molar-refractivity contribution in [3.63, 3.8) is 0 Å². The number of nitrogens with zero attached hydrogens (tertiary/aromatic N) is 1. The highest BCUT2D eigenvalue weighted by atomic mass is 16.4. The Kier molecular flexibility index (Phi) is 4.84. The Labute approximate surface area is 119 Å². The highest BCUT2D eigenvalue weighted by molar-refractivity contribution is 5.94. The highest BCUT2D eigenvalue weighted by Gasteiger charge is 2.16. The van der Waals surface area contributed by atoms with Gasteiger partial charge in [0.05, 0.1) is 5.56 Å². The lowest BCUT2D eigenvalue weighted by molar-refractivity contribution is 0.0698. The zero-order valence-corrected chi connectivity index (χ0v) is 11.9. The first-order chi connectivity index (χ1) is 9.56. The summed E-state index contributed by atoms with van der Waals surface area (Å²) in [4.78, 5) is 13.2. The fourth-order valence-electron chi connectivity index (χ4n) is 2.64. The lowest BCUT2D eigenvalue weighted by Crippen LogP contribution is -2.30. The van der Waals surface area contributed by atoms with Gasteiger partial charge in [-0.05, 0) is 63.5 Å². The Hall–Kier alpha value is -1.75. The molecule has 0 saturated carbocycles. The predicted octanol–water partition coefficient (Wildman–Crippen LogP) is 2.11. The molecule has 4 N–H and O–H groups in total. The van der Waals surface area contributed by atoms with Crippen LogP contribution in [-0.2, 0) is 0 Å². The van der Waals surface area contributed by atoms with Crippen molar-refractivity contribution in [2.45, 2.75) is 19.3 Å². The second kappa shape index (κ2) is 6.61. The van der Waals surface area contributed by atoms with Crippen molar-refractivity contribution in [1.82, 2.24) is 4.90 Å². The van der Waals surface area contributed by atoms with Crippen LogP contribution in [0.2, 0.25) is 0 Å². The number of piperidine rings is 1. The van der Waals surface area contributed by atoms with Crippen LogP contribution in [0.4, 0.5) is 11.4 Å². The summed E-state index contributed by atoms with van der Waals surface area (Å²) >= 11 is 0. The number of benzene rings is 1. The highest BCUT2D eigenvalue weighted by Crippen LogP contribution is 2.21. The minimum absolute atomic E-state index is 0.158. The summed E-state index contributed by atoms with van der Waals surface area (Å²) < 4.78 is 0. The normalized spacial score (nSPS) is 17.1. The van der Waals surface area contributed by atoms with Gasteiger partial charge in [0.2, 0.25) is 0 Å². The molecule has 5 heteroatoms. The van der Waals surface area contributed by atoms with E-state index in [2.05, 4.69) is 17.3 Å². The standard InChI is InChI=1S/C15H23N3O2/c1-18-8-5-11(6-9-18)4-7-17-12-2-3-13(15(19)20)14(16)10-12/h2-3,10-11,17H,4-9,16H2,1H3,(H,19,20). The average Bonchev–Trinajstić information content (AvgIpc) is 2.41. The molecule has 1 fully saturated rings. The van der Waals surface area contributed by atoms with Crippen LogP contribution in [0.1, 0.15) is 29.6 Å². The van der Waals surface area contributed by atoms with Crippen molar-refractivity contribution in [3.05, 3.63) is 23.8 Å². The van der Waals surface area contributed by atoms with Crippen LogP contribution in [0, 0.1) is 5.92 Å². The first kappa shape index (κ1) is 14.7. The second-order valence-corrected chi connectivity index (χ2v) is 5.57. The lowest BCUT2D eigenvalue weighted by atomic mass is 9.94. The number of anilines is 2. The van der Waals surface area contributed by atoms with E-state index in [0.717, 1.165) is 24.6 Å². The number of nitrogens with one attached hydrogen (secondary N) is 1. The molecule has 2 rings (SSSR count). The van der Waals surface area contributed by atoms with Crippen molar-refractivity contribution in [1.29, 1.82) is 0 Å². The Morgan fingerprint density at radius 1 is 1.45 bits per heavy atom. The zero-order chi connectivity index (χ0) is 14.5. The number of hydrogen-bond acceptors (Lipinski definition) is 4. The van der Waals surface area contributed by atoms with Gasteiger partial charge in [-0.1, -0.05) is 0 Å². The molecule has 0 atom stereocenters. The zero-order valence-electron chi connectivity index (χ0n) is 11.9. The minimum atomic E-state index is -0.986. The maximum Gasteiger partial charge on any atom is 0.337 e. The Morgan fingerprint density at radius 3 is 2.75 bits per heavy atom. The summed E-state index contributed by atoms with van der Waals surface area (Å²) in [5.74, 6) is -0.199. The van der Waals surface area contributed by atoms with E-state index >= 15 is 0 Å². The van der Waals surface area contributed by atoms with Gasteiger partial charge in [0, 0.05) is 17.9 Å². The van der Waals surface area contributed by atoms with Crippen LogP contribution in [-0.4, -0.2) is 42.7 Å². The van der Waals surface area contributed by atoms with Crippen LogP contribution in [0.25, 0.3) is 0 Å². The number of nitrogens with two attached hydrogens (primary N) is 1. The average molecular weight is 277 g/mol. The molecule has 1 aliphatic rings. The van der Waals surface area contributed by atoms with E-state index in [1.165, 1.54) is 25.9 Å². The first-order valence-electron chi connectivity index (χ1n) is 7.11. The molecule has 0 spiro atoms. The predicted molar refractivity (Wildman–Crippen MR) is 81.1 cm³/mol. The van der Waals surface area contributed by atoms with Crippen LogP contribution >= 0.6 is 0 Å². The molecule has 0 radical (unpaired) electrons. The van der Waals surface area contributed by atoms with Crippen LogP contribution in [0.5, 0.6) is 0 Å². The molecular formula is C15H23N3O2. The molecular weight excluding hydrogens is 254 g/mol. The van der Waals surface area contributed by atoms with Crippen molar-refractivity contribution in [2.75, 3.05) is 37.7 Å². The number of carboxylic acids is 1. The van der Waals surface area contributed by atoms with E-state index in [4.69, 9.17) is 10.8 Å². The molecule has 0 amide bonds. The number of carboxylic acid groups (broad SMARTS) is 1. The van der Waals surface area contributed by atoms with Crippen molar-refractivity contribution in [3.8, 4) is 0 Å². The Balaban J connectivity index is 1.79. The number of rotatable bonds is 5. The summed E-state index contributed by atoms with van der Waals surface area (Å²) in [5.41, 5.74) is 7.08. The smallest absolute Gasteiger partial charge is 0.337 e. The van der Waals surface area contributed by atoms with E-state index < -0.39 is 5.97 Å². The molecule has 0 unspecified atom stereocenters. The number of nitrogen functional groups attached to an aromatic ring is 1. The fraction of sp³-hybridized carbons (Fsp3) is 0.533. The third kappa shape index (κ3) is 3.87. The quantitative estimate of drug-likeness (QED) is 0.718. The first-order valence-corrected chi connectivity index (χ1v) is 7.11. The van der Waals surface area contributed by atoms with Gasteiger partial charge in [0.15, 0.2) is 0 Å². The summed E-state index contributed by atoms with van der Waals surface area (Å²) in [5, 5.41) is 12.2. The molecule has 1 aromatic carbocycles. The number of carbonyl (C=O) groups is 1. The molecule has 1 heterocycles. The van der Waals surface area contributed by atoms with Crippen LogP contribution in [0.3, 0.4) is 0 Å². The number of aromatic carboxylic acids is 1. The maximum atomic E-state index is 10.9. The summed E-state index contributed by atoms with van der Waals surface area (Å²) in [7, 11) is 2.17. The van der Waals surface area contributed by atoms with Crippen LogP contribution < -0.4 is 11.1 Å². The SMILES string of the molecule is CN1CCC(CCNc2ccc(C(=O)O)c(N)c2)CC1. The van der Waals surface area contributed by atoms with E-state index in [-0.39, 0.29) is 5.56 Å². The van der Waals surface area contributed by atoms with Crippen molar-refractivity contribution in [2.24, 2.45) is 5.92 Å². The van der Waals surface area contributed by atoms with Gasteiger partial charge < -0.3 is 21.1 Å². The third-order valence-corrected chi connectivity index (χ3v) is 4.00. The second-order valence-electron chi connectivity index (χ2n) is 5.57. The molecule has 20 heavy (non-hydrogen) atoms. The maximum absolute atomic E-state index is 10.9. The fourth-order valence-corrected chi connectivity index (χ4v) is 2.64. The van der Waals surface area contributed by atoms with E-state index in [1.54, 1.807) is 18.2 Å². The molecule has 1 aliphatic heterocycles. The van der Waals surface area contributed by atoms with Gasteiger partial charge in [0.1, 0.15) is 0 Å². The Bertz CT molecular complexity index is 468. The number of likely N-dealkylation sites (tertiary alicyclic amines) is 1. The summed E-state index contributed by atoms with van der Waals surface area (Å²) in [6.07, 6.45) is 3.67. The summed E-state index contributed by atoms with van der Waals surface area (Å²) in [6.45, 7) is 3.27. The molecule has 0 aromatic heterocycles. The molecule has 110 valence electrons. The van der Waals surface area contributed by atoms with Gasteiger partial charge in [-0.25, -0.2) is 4.79 Å². The van der Waals surface area contributed by atoms with Crippen molar-refractivity contribution >= 4 is 17.3 Å². The summed E-state index contributed by atoms with van der Waals surface area (Å²) in [6, 6.07) is 5.02. The van der Waals surface area contributed by atoms with E-state index in [9.17, 15) is 4.79 Å². The van der Waals surface area contributed by atoms with Gasteiger partial charge in [-0.3, -0.25) is 0 Å². The van der Waals surface area contributed by atoms with Crippen LogP contribution in [0.15, 0.2) is 18.2 Å². The van der Waals surface area contributed by atoms with Crippen molar-refractivity contribution < 1.29 is 9.90 Å². The van der Waals surface area contributed by atoms with Gasteiger partial charge in [-0.2, -0.15) is 0 Å². The van der Waals surface area contributed by atoms with Gasteiger partial charge >= 0.3 is 5.97 Å². The van der Waals surface area contributed by atoms with Gasteiger partial charge in [0.25, 0.3) is 0 Å². The molecule has 1 saturated heterocycles. The minimum Gasteiger partial charge on any atom is -0.478 e. The topological polar surface area (TPSA) is 78.6 Å². The van der Waals surface area contributed by atoms with E-state index in [1.807, 2.05) is 0 Å². The molecule has 0 aliphatic carbocycles. The largest absolute Gasteiger partial charge is 0.478 e. The molecule has 1 aromatic rings. The van der Waals surface area contributed by atoms with E-state index in [0.29, 0.717) is 5.69 Å².